The summed E-state index contributed by atoms with van der Waals surface area (Å²) in [6.45, 7) is 4.10. The van der Waals surface area contributed by atoms with E-state index < -0.39 is 0 Å². The molecule has 0 spiro atoms. The van der Waals surface area contributed by atoms with Gasteiger partial charge >= 0.3 is 0 Å². The Hall–Kier alpha value is -1.84. The molecule has 2 aromatic rings. The number of benzene rings is 1. The molecule has 1 heterocycles. The Morgan fingerprint density at radius 3 is 2.94 bits per heavy atom. The van der Waals surface area contributed by atoms with Crippen LogP contribution in [0, 0.1) is 6.92 Å². The van der Waals surface area contributed by atoms with Crippen LogP contribution < -0.4 is 5.73 Å². The maximum atomic E-state index is 6.00. The molecular weight excluding hydrogens is 200 g/mol. The molecule has 0 amide bonds. The highest BCUT2D eigenvalue weighted by atomic mass is 15.2. The van der Waals surface area contributed by atoms with Crippen LogP contribution in [0.4, 0.5) is 5.69 Å². The maximum Gasteiger partial charge on any atom is 0.183 e. The third-order valence-electron chi connectivity index (χ3n) is 2.58. The zero-order valence-corrected chi connectivity index (χ0v) is 9.62. The van der Waals surface area contributed by atoms with Gasteiger partial charge in [0.15, 0.2) is 5.82 Å². The number of hydrogen-bond acceptors (Lipinski definition) is 3. The van der Waals surface area contributed by atoms with E-state index in [1.807, 2.05) is 25.1 Å². The number of nitrogens with zero attached hydrogens (tertiary/aromatic N) is 2. The van der Waals surface area contributed by atoms with Crippen molar-refractivity contribution in [3.63, 3.8) is 0 Å². The molecule has 0 saturated carbocycles. The van der Waals surface area contributed by atoms with Gasteiger partial charge in [0, 0.05) is 17.7 Å². The van der Waals surface area contributed by atoms with Crippen molar-refractivity contribution < 1.29 is 0 Å². The number of rotatable bonds is 3. The second-order valence-electron chi connectivity index (χ2n) is 3.89. The highest BCUT2D eigenvalue weighted by molar-refractivity contribution is 5.73. The van der Waals surface area contributed by atoms with Gasteiger partial charge in [-0.2, -0.15) is 5.10 Å². The van der Waals surface area contributed by atoms with Crippen LogP contribution in [0.25, 0.3) is 11.4 Å². The van der Waals surface area contributed by atoms with Crippen molar-refractivity contribution in [3.8, 4) is 11.4 Å². The molecule has 1 aromatic carbocycles. The van der Waals surface area contributed by atoms with E-state index in [0.717, 1.165) is 35.5 Å². The predicted molar refractivity (Wildman–Crippen MR) is 65.0 cm³/mol. The molecule has 4 nitrogen and oxygen atoms in total. The van der Waals surface area contributed by atoms with Crippen LogP contribution in [0.2, 0.25) is 0 Å². The fraction of sp³-hybridized carbons (Fsp3) is 0.333. The van der Waals surface area contributed by atoms with Gasteiger partial charge < -0.3 is 5.73 Å². The molecule has 84 valence electrons. The Labute approximate surface area is 94.9 Å². The molecule has 2 rings (SSSR count). The van der Waals surface area contributed by atoms with Crippen molar-refractivity contribution in [3.05, 3.63) is 29.6 Å². The van der Waals surface area contributed by atoms with E-state index in [1.165, 1.54) is 0 Å². The fourth-order valence-corrected chi connectivity index (χ4v) is 1.64. The van der Waals surface area contributed by atoms with Gasteiger partial charge in [-0.1, -0.05) is 19.1 Å². The number of para-hydroxylation sites is 1. The van der Waals surface area contributed by atoms with Gasteiger partial charge in [0.25, 0.3) is 0 Å². The summed E-state index contributed by atoms with van der Waals surface area (Å²) in [5.74, 6) is 1.60. The molecule has 0 radical (unpaired) electrons. The second kappa shape index (κ2) is 4.35. The third kappa shape index (κ3) is 1.91. The minimum Gasteiger partial charge on any atom is -0.398 e. The van der Waals surface area contributed by atoms with E-state index in [4.69, 9.17) is 5.73 Å². The lowest BCUT2D eigenvalue weighted by atomic mass is 10.1. The maximum absolute atomic E-state index is 6.00. The Kier molecular flexibility index (Phi) is 2.90. The summed E-state index contributed by atoms with van der Waals surface area (Å²) < 4.78 is 0. The average Bonchev–Trinajstić information content (AvgIpc) is 2.71. The molecule has 1 aromatic heterocycles. The normalized spacial score (nSPS) is 10.6. The van der Waals surface area contributed by atoms with Crippen molar-refractivity contribution in [1.29, 1.82) is 0 Å². The van der Waals surface area contributed by atoms with Gasteiger partial charge in [-0.05, 0) is 25.0 Å². The minimum atomic E-state index is 0.685. The van der Waals surface area contributed by atoms with Crippen molar-refractivity contribution in [2.45, 2.75) is 26.7 Å². The molecule has 0 saturated heterocycles. The molecule has 0 fully saturated rings. The number of H-pyrrole nitrogens is 1. The number of nitrogens with two attached hydrogens (primary N) is 1. The largest absolute Gasteiger partial charge is 0.398 e. The molecule has 0 aliphatic heterocycles. The fourth-order valence-electron chi connectivity index (χ4n) is 1.64. The quantitative estimate of drug-likeness (QED) is 0.774. The zero-order valence-electron chi connectivity index (χ0n) is 9.62. The van der Waals surface area contributed by atoms with Gasteiger partial charge in [0.1, 0.15) is 5.82 Å². The monoisotopic (exact) mass is 216 g/mol. The smallest absolute Gasteiger partial charge is 0.183 e. The Morgan fingerprint density at radius 2 is 2.19 bits per heavy atom. The molecule has 16 heavy (non-hydrogen) atoms. The summed E-state index contributed by atoms with van der Waals surface area (Å²) in [6, 6.07) is 5.90. The number of aromatic amines is 1. The second-order valence-corrected chi connectivity index (χ2v) is 3.89. The van der Waals surface area contributed by atoms with Crippen molar-refractivity contribution >= 4 is 5.69 Å². The van der Waals surface area contributed by atoms with Gasteiger partial charge in [-0.25, -0.2) is 4.98 Å². The van der Waals surface area contributed by atoms with Crippen LogP contribution >= 0.6 is 0 Å². The van der Waals surface area contributed by atoms with E-state index >= 15 is 0 Å². The SMILES string of the molecule is CCCc1nc(-c2cccc(C)c2N)n[nH]1. The van der Waals surface area contributed by atoms with Crippen molar-refractivity contribution in [2.75, 3.05) is 5.73 Å². The van der Waals surface area contributed by atoms with Crippen LogP contribution in [0.5, 0.6) is 0 Å². The zero-order chi connectivity index (χ0) is 11.5. The van der Waals surface area contributed by atoms with Crippen LogP contribution in [-0.2, 0) is 6.42 Å². The first-order valence-electron chi connectivity index (χ1n) is 5.49. The predicted octanol–water partition coefficient (Wildman–Crippen LogP) is 2.31. The van der Waals surface area contributed by atoms with E-state index in [0.29, 0.717) is 5.82 Å². The first-order valence-corrected chi connectivity index (χ1v) is 5.49. The van der Waals surface area contributed by atoms with Gasteiger partial charge in [-0.15, -0.1) is 0 Å². The van der Waals surface area contributed by atoms with Crippen molar-refractivity contribution in [1.82, 2.24) is 15.2 Å². The molecule has 0 bridgehead atoms. The van der Waals surface area contributed by atoms with E-state index in [1.54, 1.807) is 0 Å². The van der Waals surface area contributed by atoms with E-state index in [-0.39, 0.29) is 0 Å². The molecule has 4 heteroatoms. The van der Waals surface area contributed by atoms with Crippen molar-refractivity contribution in [2.24, 2.45) is 0 Å². The molecule has 0 aliphatic carbocycles. The van der Waals surface area contributed by atoms with Crippen LogP contribution in [0.3, 0.4) is 0 Å². The van der Waals surface area contributed by atoms with Crippen LogP contribution in [0.1, 0.15) is 24.7 Å². The van der Waals surface area contributed by atoms with Gasteiger partial charge in [-0.3, -0.25) is 5.10 Å². The highest BCUT2D eigenvalue weighted by Crippen LogP contribution is 2.25. The molecule has 0 atom stereocenters. The summed E-state index contributed by atoms with van der Waals surface area (Å²) >= 11 is 0. The number of nitrogen functional groups attached to an aromatic ring is 1. The lowest BCUT2D eigenvalue weighted by molar-refractivity contribution is 0.841. The first-order chi connectivity index (χ1) is 7.72. The lowest BCUT2D eigenvalue weighted by Gasteiger charge is -2.03. The summed E-state index contributed by atoms with van der Waals surface area (Å²) in [6.07, 6.45) is 1.97. The summed E-state index contributed by atoms with van der Waals surface area (Å²) in [5.41, 5.74) is 8.71. The first kappa shape index (κ1) is 10.7. The Morgan fingerprint density at radius 1 is 1.38 bits per heavy atom. The third-order valence-corrected chi connectivity index (χ3v) is 2.58. The number of anilines is 1. The van der Waals surface area contributed by atoms with Crippen LogP contribution in [0.15, 0.2) is 18.2 Å². The Bertz CT molecular complexity index is 488. The summed E-state index contributed by atoms with van der Waals surface area (Å²) in [7, 11) is 0. The minimum absolute atomic E-state index is 0.685. The molecule has 0 aliphatic rings. The van der Waals surface area contributed by atoms with E-state index in [2.05, 4.69) is 22.1 Å². The standard InChI is InChI=1S/C12H16N4/c1-3-5-10-14-12(16-15-10)9-7-4-6-8(2)11(9)13/h4,6-7H,3,5,13H2,1-2H3,(H,14,15,16). The lowest BCUT2D eigenvalue weighted by Crippen LogP contribution is -1.94. The van der Waals surface area contributed by atoms with Gasteiger partial charge in [0.05, 0.1) is 0 Å². The summed E-state index contributed by atoms with van der Waals surface area (Å²) in [4.78, 5) is 4.43. The summed E-state index contributed by atoms with van der Waals surface area (Å²) in [5, 5.41) is 7.13. The molecule has 0 unspecified atom stereocenters. The Balaban J connectivity index is 2.39. The van der Waals surface area contributed by atoms with E-state index in [9.17, 15) is 0 Å². The van der Waals surface area contributed by atoms with Crippen LogP contribution in [-0.4, -0.2) is 15.2 Å². The average molecular weight is 216 g/mol. The number of hydrogen-bond donors (Lipinski definition) is 2. The number of aromatic nitrogens is 3. The number of nitrogens with one attached hydrogen (secondary N) is 1. The number of aryl methyl sites for hydroxylation is 2. The highest BCUT2D eigenvalue weighted by Gasteiger charge is 2.09. The van der Waals surface area contributed by atoms with Gasteiger partial charge in [0.2, 0.25) is 0 Å². The molecular formula is C12H16N4. The topological polar surface area (TPSA) is 67.6 Å². The molecule has 3 N–H and O–H groups in total.